The van der Waals surface area contributed by atoms with Gasteiger partial charge in [-0.2, -0.15) is 0 Å². The molecule has 0 fully saturated rings. The zero-order valence-corrected chi connectivity index (χ0v) is 14.6. The monoisotopic (exact) mass is 351 g/mol. The number of likely N-dealkylation sites (N-methyl/N-ethyl adjacent to an activating group) is 1. The molecule has 0 saturated heterocycles. The molecule has 23 heavy (non-hydrogen) atoms. The standard InChI is InChI=1S/C17H19Cl2N3O/c1-22(2)16(12-9-13(18)11-14(19)10-12)17(23)21-8-6-15-5-3-4-7-20-15/h3-5,7,9-11,16H,6,8H2,1-2H3,(H,21,23)/t16-/m0/s1. The molecule has 6 heteroatoms. The minimum absolute atomic E-state index is 0.0933. The van der Waals surface area contributed by atoms with Crippen molar-refractivity contribution in [2.45, 2.75) is 12.5 Å². The molecule has 1 aromatic carbocycles. The first-order chi connectivity index (χ1) is 11.0. The molecule has 2 aromatic rings. The summed E-state index contributed by atoms with van der Waals surface area (Å²) in [5, 5.41) is 3.97. The summed E-state index contributed by atoms with van der Waals surface area (Å²) in [5.41, 5.74) is 1.71. The number of hydrogen-bond acceptors (Lipinski definition) is 3. The molecule has 1 N–H and O–H groups in total. The number of carbonyl (C=O) groups excluding carboxylic acids is 1. The van der Waals surface area contributed by atoms with E-state index in [0.717, 1.165) is 11.3 Å². The molecule has 122 valence electrons. The third kappa shape index (κ3) is 5.20. The number of hydrogen-bond donors (Lipinski definition) is 1. The van der Waals surface area contributed by atoms with Crippen LogP contribution < -0.4 is 5.32 Å². The summed E-state index contributed by atoms with van der Waals surface area (Å²) in [5.74, 6) is -0.0933. The molecule has 1 aromatic heterocycles. The Labute approximate surface area is 146 Å². The second-order valence-electron chi connectivity index (χ2n) is 5.43. The quantitative estimate of drug-likeness (QED) is 0.867. The molecular weight excluding hydrogens is 333 g/mol. The lowest BCUT2D eigenvalue weighted by molar-refractivity contribution is -0.125. The second kappa shape index (κ2) is 8.29. The minimum atomic E-state index is -0.449. The van der Waals surface area contributed by atoms with Gasteiger partial charge in [0.15, 0.2) is 0 Å². The smallest absolute Gasteiger partial charge is 0.241 e. The van der Waals surface area contributed by atoms with Gasteiger partial charge in [-0.3, -0.25) is 14.7 Å². The number of carbonyl (C=O) groups is 1. The summed E-state index contributed by atoms with van der Waals surface area (Å²) in [4.78, 5) is 18.6. The van der Waals surface area contributed by atoms with E-state index in [2.05, 4.69) is 10.3 Å². The second-order valence-corrected chi connectivity index (χ2v) is 6.30. The minimum Gasteiger partial charge on any atom is -0.354 e. The van der Waals surface area contributed by atoms with Crippen LogP contribution in [-0.2, 0) is 11.2 Å². The SMILES string of the molecule is CN(C)[C@H](C(=O)NCCc1ccccn1)c1cc(Cl)cc(Cl)c1. The van der Waals surface area contributed by atoms with Crippen molar-refractivity contribution in [3.63, 3.8) is 0 Å². The Morgan fingerprint density at radius 3 is 2.48 bits per heavy atom. The van der Waals surface area contributed by atoms with Crippen LogP contribution in [0.3, 0.4) is 0 Å². The van der Waals surface area contributed by atoms with Gasteiger partial charge in [-0.05, 0) is 50.0 Å². The maximum Gasteiger partial charge on any atom is 0.241 e. The molecule has 1 amide bonds. The van der Waals surface area contributed by atoms with E-state index in [1.165, 1.54) is 0 Å². The number of rotatable bonds is 6. The van der Waals surface area contributed by atoms with Crippen molar-refractivity contribution in [1.29, 1.82) is 0 Å². The normalized spacial score (nSPS) is 12.2. The summed E-state index contributed by atoms with van der Waals surface area (Å²) in [6.45, 7) is 0.522. The molecule has 0 aliphatic rings. The van der Waals surface area contributed by atoms with Crippen LogP contribution in [0.5, 0.6) is 0 Å². The van der Waals surface area contributed by atoms with Gasteiger partial charge in [-0.25, -0.2) is 0 Å². The highest BCUT2D eigenvalue weighted by Crippen LogP contribution is 2.26. The summed E-state index contributed by atoms with van der Waals surface area (Å²) in [6.07, 6.45) is 2.43. The lowest BCUT2D eigenvalue weighted by atomic mass is 10.1. The number of amides is 1. The van der Waals surface area contributed by atoms with Crippen LogP contribution in [0.15, 0.2) is 42.6 Å². The molecule has 0 bridgehead atoms. The van der Waals surface area contributed by atoms with E-state index in [1.54, 1.807) is 24.4 Å². The fourth-order valence-electron chi connectivity index (χ4n) is 2.37. The number of nitrogens with zero attached hydrogens (tertiary/aromatic N) is 2. The predicted octanol–water partition coefficient (Wildman–Crippen LogP) is 3.35. The Bertz CT molecular complexity index is 642. The van der Waals surface area contributed by atoms with E-state index in [0.29, 0.717) is 23.0 Å². The molecule has 0 aliphatic heterocycles. The molecular formula is C17H19Cl2N3O. The van der Waals surface area contributed by atoms with Gasteiger partial charge in [0.2, 0.25) is 5.91 Å². The highest BCUT2D eigenvalue weighted by atomic mass is 35.5. The van der Waals surface area contributed by atoms with Crippen molar-refractivity contribution in [1.82, 2.24) is 15.2 Å². The van der Waals surface area contributed by atoms with E-state index >= 15 is 0 Å². The molecule has 0 aliphatic carbocycles. The summed E-state index contributed by atoms with van der Waals surface area (Å²) >= 11 is 12.1. The third-order valence-corrected chi connectivity index (χ3v) is 3.81. The average Bonchev–Trinajstić information content (AvgIpc) is 2.47. The van der Waals surface area contributed by atoms with Gasteiger partial charge in [0.25, 0.3) is 0 Å². The van der Waals surface area contributed by atoms with Gasteiger partial charge >= 0.3 is 0 Å². The fraction of sp³-hybridized carbons (Fsp3) is 0.294. The van der Waals surface area contributed by atoms with Crippen LogP contribution in [0.2, 0.25) is 10.0 Å². The molecule has 2 rings (SSSR count). The highest BCUT2D eigenvalue weighted by molar-refractivity contribution is 6.34. The maximum atomic E-state index is 12.5. The van der Waals surface area contributed by atoms with E-state index in [1.807, 2.05) is 37.2 Å². The third-order valence-electron chi connectivity index (χ3n) is 3.37. The van der Waals surface area contributed by atoms with Crippen LogP contribution in [0, 0.1) is 0 Å². The average molecular weight is 352 g/mol. The van der Waals surface area contributed by atoms with Crippen LogP contribution in [0.25, 0.3) is 0 Å². The van der Waals surface area contributed by atoms with Crippen molar-refractivity contribution in [2.24, 2.45) is 0 Å². The van der Waals surface area contributed by atoms with Gasteiger partial charge < -0.3 is 5.32 Å². The Kier molecular flexibility index (Phi) is 6.39. The van der Waals surface area contributed by atoms with Crippen LogP contribution >= 0.6 is 23.2 Å². The Hall–Kier alpha value is -1.62. The Morgan fingerprint density at radius 1 is 1.22 bits per heavy atom. The summed E-state index contributed by atoms with van der Waals surface area (Å²) in [6, 6.07) is 10.5. The maximum absolute atomic E-state index is 12.5. The lowest BCUT2D eigenvalue weighted by Crippen LogP contribution is -2.38. The van der Waals surface area contributed by atoms with E-state index in [4.69, 9.17) is 23.2 Å². The summed E-state index contributed by atoms with van der Waals surface area (Å²) < 4.78 is 0. The molecule has 4 nitrogen and oxygen atoms in total. The molecule has 0 radical (unpaired) electrons. The first-order valence-corrected chi connectivity index (χ1v) is 8.03. The number of benzene rings is 1. The van der Waals surface area contributed by atoms with Gasteiger partial charge in [-0.15, -0.1) is 0 Å². The van der Waals surface area contributed by atoms with Gasteiger partial charge in [0.05, 0.1) is 0 Å². The topological polar surface area (TPSA) is 45.2 Å². The summed E-state index contributed by atoms with van der Waals surface area (Å²) in [7, 11) is 3.69. The van der Waals surface area contributed by atoms with Crippen molar-refractivity contribution in [3.05, 3.63) is 63.9 Å². The first-order valence-electron chi connectivity index (χ1n) is 7.27. The van der Waals surface area contributed by atoms with Crippen molar-refractivity contribution in [3.8, 4) is 0 Å². The number of pyridine rings is 1. The molecule has 1 heterocycles. The van der Waals surface area contributed by atoms with E-state index < -0.39 is 6.04 Å². The number of nitrogens with one attached hydrogen (secondary N) is 1. The Morgan fingerprint density at radius 2 is 1.91 bits per heavy atom. The number of halogens is 2. The number of aromatic nitrogens is 1. The molecule has 0 unspecified atom stereocenters. The molecule has 0 saturated carbocycles. The lowest BCUT2D eigenvalue weighted by Gasteiger charge is -2.24. The largest absolute Gasteiger partial charge is 0.354 e. The van der Waals surface area contributed by atoms with E-state index in [9.17, 15) is 4.79 Å². The predicted molar refractivity (Wildman–Crippen MR) is 93.8 cm³/mol. The van der Waals surface area contributed by atoms with Gasteiger partial charge in [-0.1, -0.05) is 29.3 Å². The zero-order valence-electron chi connectivity index (χ0n) is 13.1. The van der Waals surface area contributed by atoms with Crippen molar-refractivity contribution in [2.75, 3.05) is 20.6 Å². The van der Waals surface area contributed by atoms with Crippen LogP contribution in [-0.4, -0.2) is 36.4 Å². The zero-order chi connectivity index (χ0) is 16.8. The first kappa shape index (κ1) is 17.7. The molecule has 0 spiro atoms. The van der Waals surface area contributed by atoms with Crippen LogP contribution in [0.1, 0.15) is 17.3 Å². The van der Waals surface area contributed by atoms with Gasteiger partial charge in [0, 0.05) is 34.9 Å². The highest BCUT2D eigenvalue weighted by Gasteiger charge is 2.23. The fourth-order valence-corrected chi connectivity index (χ4v) is 2.92. The Balaban J connectivity index is 2.04. The van der Waals surface area contributed by atoms with Crippen molar-refractivity contribution < 1.29 is 4.79 Å². The van der Waals surface area contributed by atoms with Gasteiger partial charge in [0.1, 0.15) is 6.04 Å². The molecule has 1 atom stereocenters. The van der Waals surface area contributed by atoms with Crippen LogP contribution in [0.4, 0.5) is 0 Å². The van der Waals surface area contributed by atoms with E-state index in [-0.39, 0.29) is 5.91 Å². The van der Waals surface area contributed by atoms with Crippen molar-refractivity contribution >= 4 is 29.1 Å².